The second-order valence-electron chi connectivity index (χ2n) is 7.99. The minimum absolute atomic E-state index is 0.00485. The third-order valence-corrected chi connectivity index (χ3v) is 6.39. The van der Waals surface area contributed by atoms with Gasteiger partial charge in [-0.2, -0.15) is 13.2 Å². The van der Waals surface area contributed by atoms with Crippen LogP contribution in [0.5, 0.6) is 0 Å². The summed E-state index contributed by atoms with van der Waals surface area (Å²) in [5.41, 5.74) is -0.533. The van der Waals surface area contributed by atoms with Crippen molar-refractivity contribution < 1.29 is 22.8 Å². The zero-order valence-corrected chi connectivity index (χ0v) is 20.6. The highest BCUT2D eigenvalue weighted by molar-refractivity contribution is 7.99. The number of benzene rings is 2. The van der Waals surface area contributed by atoms with Gasteiger partial charge in [0.25, 0.3) is 5.91 Å². The predicted molar refractivity (Wildman–Crippen MR) is 128 cm³/mol. The first-order valence-electron chi connectivity index (χ1n) is 10.5. The molecule has 0 radical (unpaired) electrons. The molecule has 186 valence electrons. The fraction of sp³-hybridized carbons (Fsp3) is 0.304. The summed E-state index contributed by atoms with van der Waals surface area (Å²) in [5.74, 6) is -0.443. The Morgan fingerprint density at radius 2 is 1.80 bits per heavy atom. The molecule has 1 heterocycles. The van der Waals surface area contributed by atoms with Crippen molar-refractivity contribution in [3.8, 4) is 0 Å². The lowest BCUT2D eigenvalue weighted by atomic mass is 10.0. The number of carbonyl (C=O) groups excluding carboxylic acids is 2. The van der Waals surface area contributed by atoms with Crippen molar-refractivity contribution in [2.24, 2.45) is 13.0 Å². The lowest BCUT2D eigenvalue weighted by Crippen LogP contribution is -2.33. The summed E-state index contributed by atoms with van der Waals surface area (Å²) >= 11 is 6.99. The van der Waals surface area contributed by atoms with Crippen LogP contribution in [0.3, 0.4) is 0 Å². The molecule has 1 atom stereocenters. The third kappa shape index (κ3) is 6.76. The summed E-state index contributed by atoms with van der Waals surface area (Å²) in [6.45, 7) is 3.87. The van der Waals surface area contributed by atoms with Gasteiger partial charge in [-0.15, -0.1) is 10.2 Å². The smallest absolute Gasteiger partial charge is 0.342 e. The molecule has 0 aliphatic heterocycles. The molecule has 0 saturated heterocycles. The highest BCUT2D eigenvalue weighted by atomic mass is 35.5. The van der Waals surface area contributed by atoms with Crippen LogP contribution in [0.1, 0.15) is 41.6 Å². The van der Waals surface area contributed by atoms with Crippen LogP contribution in [0.15, 0.2) is 53.7 Å². The number of alkyl halides is 3. The van der Waals surface area contributed by atoms with Crippen LogP contribution in [0.4, 0.5) is 18.9 Å². The quantitative estimate of drug-likeness (QED) is 0.387. The first kappa shape index (κ1) is 26.6. The van der Waals surface area contributed by atoms with Gasteiger partial charge >= 0.3 is 6.18 Å². The van der Waals surface area contributed by atoms with Crippen molar-refractivity contribution >= 4 is 40.9 Å². The number of hydrogen-bond acceptors (Lipinski definition) is 5. The van der Waals surface area contributed by atoms with Gasteiger partial charge in [0.15, 0.2) is 11.0 Å². The Balaban J connectivity index is 1.67. The van der Waals surface area contributed by atoms with Crippen LogP contribution < -0.4 is 10.6 Å². The molecule has 0 bridgehead atoms. The minimum atomic E-state index is -4.56. The first-order valence-corrected chi connectivity index (χ1v) is 11.9. The normalized spacial score (nSPS) is 12.5. The molecule has 35 heavy (non-hydrogen) atoms. The Labute approximate surface area is 209 Å². The Hall–Kier alpha value is -3.05. The molecule has 0 saturated carbocycles. The molecular formula is C23H23ClF3N5O2S. The minimum Gasteiger partial charge on any atom is -0.342 e. The summed E-state index contributed by atoms with van der Waals surface area (Å²) in [6, 6.07) is 11.1. The Morgan fingerprint density at radius 3 is 2.43 bits per heavy atom. The molecular weight excluding hydrogens is 503 g/mol. The number of nitrogens with one attached hydrogen (secondary N) is 2. The number of halogens is 4. The second-order valence-corrected chi connectivity index (χ2v) is 9.34. The number of nitrogens with zero attached hydrogens (tertiary/aromatic N) is 3. The summed E-state index contributed by atoms with van der Waals surface area (Å²) < 4.78 is 40.5. The van der Waals surface area contributed by atoms with E-state index in [1.807, 2.05) is 19.9 Å². The molecule has 2 aromatic carbocycles. The Morgan fingerprint density at radius 1 is 1.11 bits per heavy atom. The van der Waals surface area contributed by atoms with Gasteiger partial charge in [0.1, 0.15) is 0 Å². The van der Waals surface area contributed by atoms with Crippen LogP contribution in [0.25, 0.3) is 0 Å². The van der Waals surface area contributed by atoms with Crippen molar-refractivity contribution in [1.29, 1.82) is 0 Å². The van der Waals surface area contributed by atoms with Gasteiger partial charge in [-0.25, -0.2) is 0 Å². The van der Waals surface area contributed by atoms with Crippen molar-refractivity contribution in [1.82, 2.24) is 20.1 Å². The molecule has 0 aliphatic rings. The molecule has 1 aromatic heterocycles. The zero-order chi connectivity index (χ0) is 25.8. The van der Waals surface area contributed by atoms with E-state index in [4.69, 9.17) is 11.6 Å². The number of hydrogen-bond donors (Lipinski definition) is 2. The van der Waals surface area contributed by atoms with Crippen molar-refractivity contribution in [2.45, 2.75) is 31.2 Å². The maximum Gasteiger partial charge on any atom is 0.416 e. The Bertz CT molecular complexity index is 1200. The average Bonchev–Trinajstić information content (AvgIpc) is 3.16. The van der Waals surface area contributed by atoms with E-state index < -0.39 is 23.7 Å². The molecule has 2 N–H and O–H groups in total. The largest absolute Gasteiger partial charge is 0.416 e. The van der Waals surface area contributed by atoms with Gasteiger partial charge in [-0.05, 0) is 36.2 Å². The summed E-state index contributed by atoms with van der Waals surface area (Å²) in [6.07, 6.45) is -4.56. The van der Waals surface area contributed by atoms with Gasteiger partial charge in [0.05, 0.1) is 28.1 Å². The number of aromatic nitrogens is 3. The summed E-state index contributed by atoms with van der Waals surface area (Å²) in [4.78, 5) is 25.0. The topological polar surface area (TPSA) is 88.9 Å². The Kier molecular flexibility index (Phi) is 8.44. The highest BCUT2D eigenvalue weighted by Gasteiger charge is 2.31. The van der Waals surface area contributed by atoms with E-state index in [0.29, 0.717) is 16.5 Å². The fourth-order valence-corrected chi connectivity index (χ4v) is 4.06. The van der Waals surface area contributed by atoms with Crippen LogP contribution in [-0.4, -0.2) is 32.3 Å². The predicted octanol–water partition coefficient (Wildman–Crippen LogP) is 5.35. The van der Waals surface area contributed by atoms with Gasteiger partial charge in [-0.1, -0.05) is 55.4 Å². The van der Waals surface area contributed by atoms with E-state index in [2.05, 4.69) is 20.8 Å². The molecule has 0 spiro atoms. The highest BCUT2D eigenvalue weighted by Crippen LogP contribution is 2.34. The van der Waals surface area contributed by atoms with Crippen LogP contribution in [0, 0.1) is 5.92 Å². The molecule has 3 aromatic rings. The molecule has 3 rings (SSSR count). The van der Waals surface area contributed by atoms with E-state index >= 15 is 0 Å². The molecule has 7 nitrogen and oxygen atoms in total. The van der Waals surface area contributed by atoms with Crippen LogP contribution in [-0.2, 0) is 18.0 Å². The molecule has 12 heteroatoms. The van der Waals surface area contributed by atoms with Crippen molar-refractivity contribution in [3.63, 3.8) is 0 Å². The maximum atomic E-state index is 12.9. The van der Waals surface area contributed by atoms with Gasteiger partial charge in [-0.3, -0.25) is 9.59 Å². The van der Waals surface area contributed by atoms with Gasteiger partial charge in [0, 0.05) is 12.6 Å². The first-order chi connectivity index (χ1) is 16.5. The van der Waals surface area contributed by atoms with Crippen LogP contribution >= 0.6 is 23.4 Å². The summed E-state index contributed by atoms with van der Waals surface area (Å²) in [5, 5.41) is 14.1. The lowest BCUT2D eigenvalue weighted by molar-refractivity contribution is -0.137. The van der Waals surface area contributed by atoms with Crippen LogP contribution in [0.2, 0.25) is 5.02 Å². The molecule has 0 aliphatic carbocycles. The second kappa shape index (κ2) is 11.1. The number of rotatable bonds is 8. The fourth-order valence-electron chi connectivity index (χ4n) is 3.18. The number of thioether (sulfide) groups is 1. The van der Waals surface area contributed by atoms with E-state index in [1.165, 1.54) is 0 Å². The molecule has 0 unspecified atom stereocenters. The van der Waals surface area contributed by atoms with Crippen molar-refractivity contribution in [3.05, 3.63) is 70.5 Å². The monoisotopic (exact) mass is 525 g/mol. The lowest BCUT2D eigenvalue weighted by Gasteiger charge is -2.21. The zero-order valence-electron chi connectivity index (χ0n) is 19.1. The van der Waals surface area contributed by atoms with E-state index in [-0.39, 0.29) is 28.3 Å². The molecule has 2 amide bonds. The molecule has 0 fully saturated rings. The van der Waals surface area contributed by atoms with E-state index in [0.717, 1.165) is 30.0 Å². The number of anilines is 1. The average molecular weight is 526 g/mol. The van der Waals surface area contributed by atoms with Crippen molar-refractivity contribution in [2.75, 3.05) is 11.1 Å². The van der Waals surface area contributed by atoms with Gasteiger partial charge < -0.3 is 15.2 Å². The van der Waals surface area contributed by atoms with Gasteiger partial charge in [0.2, 0.25) is 5.91 Å². The maximum absolute atomic E-state index is 12.9. The van der Waals surface area contributed by atoms with E-state index in [1.54, 1.807) is 35.9 Å². The standard InChI is InChI=1S/C23H23ClF3N5O2S/c1-13(2)19(29-21(34)14-7-5-4-6-8-14)20-30-31-22(32(20)3)35-12-18(33)28-17-11-15(23(25,26)27)9-10-16(17)24/h4-11,13,19H,12H2,1-3H3,(H,28,33)(H,29,34)/t19-/m0/s1. The summed E-state index contributed by atoms with van der Waals surface area (Å²) in [7, 11) is 1.71. The SMILES string of the molecule is CC(C)[C@H](NC(=O)c1ccccc1)c1nnc(SCC(=O)Nc2cc(C(F)(F)F)ccc2Cl)n1C. The third-order valence-electron chi connectivity index (χ3n) is 5.04. The number of amides is 2. The van der Waals surface area contributed by atoms with E-state index in [9.17, 15) is 22.8 Å². The number of carbonyl (C=O) groups is 2.